The van der Waals surface area contributed by atoms with Crippen molar-refractivity contribution in [1.29, 1.82) is 0 Å². The van der Waals surface area contributed by atoms with E-state index in [9.17, 15) is 12.8 Å². The quantitative estimate of drug-likeness (QED) is 0.375. The Hall–Kier alpha value is -1.36. The maximum Gasteiger partial charge on any atom is 0.209 e. The summed E-state index contributed by atoms with van der Waals surface area (Å²) in [7, 11) is -3.54. The Morgan fingerprint density at radius 2 is 1.83 bits per heavy atom. The zero-order chi connectivity index (χ0) is 21.2. The SMILES string of the molecule is NS(=O)(=O)CCCSc1nnc(-c2ccc(Cl)cc2Cl)n1-c1ccc(F)c(Cl)c1. The molecule has 0 aliphatic heterocycles. The molecule has 0 bridgehead atoms. The first-order valence-electron chi connectivity index (χ1n) is 8.15. The minimum Gasteiger partial charge on any atom is -0.270 e. The predicted molar refractivity (Wildman–Crippen MR) is 115 cm³/mol. The lowest BCUT2D eigenvalue weighted by Crippen LogP contribution is -2.16. The molecule has 0 unspecified atom stereocenters. The Morgan fingerprint density at radius 3 is 2.48 bits per heavy atom. The third-order valence-corrected chi connectivity index (χ3v) is 6.48. The van der Waals surface area contributed by atoms with E-state index in [2.05, 4.69) is 10.2 Å². The van der Waals surface area contributed by atoms with Gasteiger partial charge in [-0.25, -0.2) is 17.9 Å². The fourth-order valence-electron chi connectivity index (χ4n) is 2.49. The Kier molecular flexibility index (Phi) is 7.08. The lowest BCUT2D eigenvalue weighted by molar-refractivity contribution is 0.596. The number of benzene rings is 2. The van der Waals surface area contributed by atoms with E-state index in [-0.39, 0.29) is 10.8 Å². The van der Waals surface area contributed by atoms with Gasteiger partial charge in [0.05, 0.1) is 21.5 Å². The van der Waals surface area contributed by atoms with Crippen molar-refractivity contribution in [2.75, 3.05) is 11.5 Å². The fourth-order valence-corrected chi connectivity index (χ4v) is 4.78. The number of hydrogen-bond donors (Lipinski definition) is 1. The largest absolute Gasteiger partial charge is 0.270 e. The lowest BCUT2D eigenvalue weighted by atomic mass is 10.2. The molecule has 0 fully saturated rings. The summed E-state index contributed by atoms with van der Waals surface area (Å²) in [4.78, 5) is 0. The van der Waals surface area contributed by atoms with Crippen LogP contribution >= 0.6 is 46.6 Å². The first kappa shape index (κ1) is 22.3. The van der Waals surface area contributed by atoms with E-state index >= 15 is 0 Å². The number of aromatic nitrogens is 3. The third-order valence-electron chi connectivity index (χ3n) is 3.77. The van der Waals surface area contributed by atoms with E-state index in [1.165, 1.54) is 30.0 Å². The first-order valence-corrected chi connectivity index (χ1v) is 12.0. The van der Waals surface area contributed by atoms with Gasteiger partial charge in [-0.15, -0.1) is 10.2 Å². The van der Waals surface area contributed by atoms with Crippen molar-refractivity contribution in [1.82, 2.24) is 14.8 Å². The minimum absolute atomic E-state index is 0.0606. The molecule has 0 saturated carbocycles. The molecule has 0 aliphatic rings. The molecule has 3 rings (SSSR count). The van der Waals surface area contributed by atoms with Gasteiger partial charge in [0.1, 0.15) is 5.82 Å². The molecule has 0 radical (unpaired) electrons. The van der Waals surface area contributed by atoms with Gasteiger partial charge in [-0.1, -0.05) is 46.6 Å². The van der Waals surface area contributed by atoms with Crippen molar-refractivity contribution in [2.24, 2.45) is 5.14 Å². The van der Waals surface area contributed by atoms with Gasteiger partial charge in [0.2, 0.25) is 10.0 Å². The van der Waals surface area contributed by atoms with E-state index in [0.717, 1.165) is 0 Å². The minimum atomic E-state index is -3.54. The molecule has 2 aromatic carbocycles. The number of nitrogens with two attached hydrogens (primary N) is 1. The zero-order valence-corrected chi connectivity index (χ0v) is 18.6. The summed E-state index contributed by atoms with van der Waals surface area (Å²) in [5.41, 5.74) is 1.09. The van der Waals surface area contributed by atoms with Crippen LogP contribution in [0.15, 0.2) is 41.6 Å². The van der Waals surface area contributed by atoms with Crippen LogP contribution in [-0.4, -0.2) is 34.7 Å². The Bertz CT molecular complexity index is 1160. The number of sulfonamides is 1. The highest BCUT2D eigenvalue weighted by atomic mass is 35.5. The van der Waals surface area contributed by atoms with E-state index in [4.69, 9.17) is 39.9 Å². The summed E-state index contributed by atoms with van der Waals surface area (Å²) in [5.74, 6) is 0.129. The van der Waals surface area contributed by atoms with Gasteiger partial charge >= 0.3 is 0 Å². The summed E-state index contributed by atoms with van der Waals surface area (Å²) in [5, 5.41) is 14.7. The smallest absolute Gasteiger partial charge is 0.209 e. The van der Waals surface area contributed by atoms with Gasteiger partial charge in [0.25, 0.3) is 0 Å². The highest BCUT2D eigenvalue weighted by Crippen LogP contribution is 2.34. The lowest BCUT2D eigenvalue weighted by Gasteiger charge is -2.12. The molecule has 0 amide bonds. The molecule has 1 aromatic heterocycles. The second kappa shape index (κ2) is 9.20. The number of rotatable bonds is 7. The standard InChI is InChI=1S/C17H14Cl3FN4O2S2/c18-10-2-4-12(13(19)8-10)16-23-24-17(28-6-1-7-29(22,26)27)25(16)11-3-5-15(21)14(20)9-11/h2-5,8-9H,1,6-7H2,(H2,22,26,27). The molecule has 0 spiro atoms. The Balaban J connectivity index is 2.02. The number of halogens is 4. The van der Waals surface area contributed by atoms with Gasteiger partial charge in [0, 0.05) is 16.3 Å². The van der Waals surface area contributed by atoms with E-state index in [1.807, 2.05) is 0 Å². The van der Waals surface area contributed by atoms with Crippen LogP contribution in [-0.2, 0) is 10.0 Å². The molecular weight excluding hydrogens is 482 g/mol. The van der Waals surface area contributed by atoms with E-state index in [0.29, 0.717) is 44.5 Å². The molecule has 0 saturated heterocycles. The van der Waals surface area contributed by atoms with Crippen LogP contribution in [0, 0.1) is 5.82 Å². The molecule has 1 heterocycles. The highest BCUT2D eigenvalue weighted by Gasteiger charge is 2.19. The second-order valence-corrected chi connectivity index (χ2v) is 9.98. The van der Waals surface area contributed by atoms with Gasteiger partial charge < -0.3 is 0 Å². The van der Waals surface area contributed by atoms with Crippen LogP contribution in [0.1, 0.15) is 6.42 Å². The summed E-state index contributed by atoms with van der Waals surface area (Å²) in [6, 6.07) is 9.16. The molecule has 2 N–H and O–H groups in total. The molecular formula is C17H14Cl3FN4O2S2. The summed E-state index contributed by atoms with van der Waals surface area (Å²) in [6.45, 7) is 0. The highest BCUT2D eigenvalue weighted by molar-refractivity contribution is 7.99. The van der Waals surface area contributed by atoms with Crippen LogP contribution < -0.4 is 5.14 Å². The van der Waals surface area contributed by atoms with E-state index < -0.39 is 15.8 Å². The van der Waals surface area contributed by atoms with Crippen molar-refractivity contribution in [2.45, 2.75) is 11.6 Å². The topological polar surface area (TPSA) is 90.9 Å². The fraction of sp³-hybridized carbons (Fsp3) is 0.176. The predicted octanol–water partition coefficient (Wildman–Crippen LogP) is 4.80. The van der Waals surface area contributed by atoms with E-state index in [1.54, 1.807) is 22.8 Å². The number of primary sulfonamides is 1. The Morgan fingerprint density at radius 1 is 1.07 bits per heavy atom. The van der Waals surface area contributed by atoms with Crippen molar-refractivity contribution < 1.29 is 12.8 Å². The van der Waals surface area contributed by atoms with Crippen LogP contribution in [0.2, 0.25) is 15.1 Å². The summed E-state index contributed by atoms with van der Waals surface area (Å²) in [6.07, 6.45) is 0.331. The maximum absolute atomic E-state index is 13.7. The van der Waals surface area contributed by atoms with Gasteiger partial charge in [-0.3, -0.25) is 4.57 Å². The molecule has 3 aromatic rings. The van der Waals surface area contributed by atoms with Crippen molar-refractivity contribution in [3.8, 4) is 17.1 Å². The molecule has 0 atom stereocenters. The molecule has 0 aliphatic carbocycles. The normalized spacial score (nSPS) is 11.8. The van der Waals surface area contributed by atoms with Crippen molar-refractivity contribution in [3.63, 3.8) is 0 Å². The average molecular weight is 496 g/mol. The monoisotopic (exact) mass is 494 g/mol. The number of nitrogens with zero attached hydrogens (tertiary/aromatic N) is 3. The average Bonchev–Trinajstić information content (AvgIpc) is 3.04. The maximum atomic E-state index is 13.7. The number of hydrogen-bond acceptors (Lipinski definition) is 5. The van der Waals surface area contributed by atoms with Crippen LogP contribution in [0.25, 0.3) is 17.1 Å². The van der Waals surface area contributed by atoms with Gasteiger partial charge in [0.15, 0.2) is 11.0 Å². The molecule has 29 heavy (non-hydrogen) atoms. The summed E-state index contributed by atoms with van der Waals surface area (Å²) < 4.78 is 37.5. The molecule has 12 heteroatoms. The van der Waals surface area contributed by atoms with Crippen LogP contribution in [0.5, 0.6) is 0 Å². The van der Waals surface area contributed by atoms with Crippen LogP contribution in [0.4, 0.5) is 4.39 Å². The first-order chi connectivity index (χ1) is 13.7. The number of thioether (sulfide) groups is 1. The summed E-state index contributed by atoms with van der Waals surface area (Å²) >= 11 is 19.5. The van der Waals surface area contributed by atoms with Crippen molar-refractivity contribution >= 4 is 56.6 Å². The second-order valence-electron chi connectivity index (χ2n) is 5.93. The molecule has 154 valence electrons. The Labute approximate surface area is 186 Å². The van der Waals surface area contributed by atoms with Crippen LogP contribution in [0.3, 0.4) is 0 Å². The van der Waals surface area contributed by atoms with Crippen molar-refractivity contribution in [3.05, 3.63) is 57.3 Å². The van der Waals surface area contributed by atoms with Gasteiger partial charge in [-0.05, 0) is 42.8 Å². The third kappa shape index (κ3) is 5.62. The van der Waals surface area contributed by atoms with Gasteiger partial charge in [-0.2, -0.15) is 0 Å². The molecule has 6 nitrogen and oxygen atoms in total. The zero-order valence-electron chi connectivity index (χ0n) is 14.6.